The molecule has 0 spiro atoms. The number of rotatable bonds is 5. The first-order valence-corrected chi connectivity index (χ1v) is 11.8. The van der Waals surface area contributed by atoms with Crippen molar-refractivity contribution in [2.24, 2.45) is 7.05 Å². The SMILES string of the molecule is Cn1nccc1-c1nnc(N2CCC(NCc3ccc(F)cc3C(F)(F)F)CC2)c2c1CCCN2. The van der Waals surface area contributed by atoms with Crippen molar-refractivity contribution < 1.29 is 17.6 Å². The first-order chi connectivity index (χ1) is 16.8. The standard InChI is InChI=1S/C24H27F4N7/c1-34-20(6-10-31-34)21-18-3-2-9-29-22(18)23(33-32-21)35-11-7-17(8-12-35)30-14-15-4-5-16(25)13-19(15)24(26,27)28/h4-6,10,13,17,29-30H,2-3,7-9,11-12,14H2,1H3. The fourth-order valence-corrected chi connectivity index (χ4v) is 4.92. The minimum atomic E-state index is -4.59. The number of piperidine rings is 1. The summed E-state index contributed by atoms with van der Waals surface area (Å²) in [6.45, 7) is 2.33. The third-order valence-corrected chi connectivity index (χ3v) is 6.78. The molecular weight excluding hydrogens is 462 g/mol. The summed E-state index contributed by atoms with van der Waals surface area (Å²) in [6, 6.07) is 4.82. The predicted octanol–water partition coefficient (Wildman–Crippen LogP) is 4.15. The zero-order chi connectivity index (χ0) is 24.6. The lowest BCUT2D eigenvalue weighted by Gasteiger charge is -2.35. The van der Waals surface area contributed by atoms with Crippen molar-refractivity contribution in [1.29, 1.82) is 0 Å². The van der Waals surface area contributed by atoms with Crippen LogP contribution in [-0.2, 0) is 26.2 Å². The lowest BCUT2D eigenvalue weighted by molar-refractivity contribution is -0.138. The first-order valence-electron chi connectivity index (χ1n) is 11.8. The summed E-state index contributed by atoms with van der Waals surface area (Å²) in [5.74, 6) is -0.0659. The molecule has 3 aromatic rings. The molecule has 11 heteroatoms. The summed E-state index contributed by atoms with van der Waals surface area (Å²) in [7, 11) is 1.88. The maximum Gasteiger partial charge on any atom is 0.416 e. The molecule has 2 N–H and O–H groups in total. The highest BCUT2D eigenvalue weighted by Crippen LogP contribution is 2.37. The van der Waals surface area contributed by atoms with E-state index in [1.54, 1.807) is 10.9 Å². The highest BCUT2D eigenvalue weighted by atomic mass is 19.4. The molecule has 0 radical (unpaired) electrons. The van der Waals surface area contributed by atoms with E-state index < -0.39 is 17.6 Å². The molecule has 35 heavy (non-hydrogen) atoms. The van der Waals surface area contributed by atoms with E-state index in [2.05, 4.69) is 30.8 Å². The van der Waals surface area contributed by atoms with Crippen LogP contribution in [0.3, 0.4) is 0 Å². The van der Waals surface area contributed by atoms with Crippen LogP contribution in [-0.4, -0.2) is 45.7 Å². The second-order valence-electron chi connectivity index (χ2n) is 9.04. The van der Waals surface area contributed by atoms with Crippen LogP contribution in [0, 0.1) is 5.82 Å². The van der Waals surface area contributed by atoms with Gasteiger partial charge in [-0.2, -0.15) is 18.3 Å². The summed E-state index contributed by atoms with van der Waals surface area (Å²) in [5, 5.41) is 20.1. The summed E-state index contributed by atoms with van der Waals surface area (Å²) in [4.78, 5) is 2.19. The van der Waals surface area contributed by atoms with Gasteiger partial charge in [0.25, 0.3) is 0 Å². The lowest BCUT2D eigenvalue weighted by atomic mass is 9.99. The van der Waals surface area contributed by atoms with Gasteiger partial charge in [-0.3, -0.25) is 4.68 Å². The molecule has 2 aromatic heterocycles. The maximum absolute atomic E-state index is 13.4. The molecule has 186 valence electrons. The molecule has 1 aromatic carbocycles. The topological polar surface area (TPSA) is 70.9 Å². The van der Waals surface area contributed by atoms with Gasteiger partial charge in [0, 0.05) is 51.0 Å². The molecule has 2 aliphatic heterocycles. The fraction of sp³-hybridized carbons (Fsp3) is 0.458. The third kappa shape index (κ3) is 4.82. The van der Waals surface area contributed by atoms with Crippen LogP contribution in [0.4, 0.5) is 29.1 Å². The van der Waals surface area contributed by atoms with Crippen molar-refractivity contribution in [2.45, 2.75) is 44.4 Å². The van der Waals surface area contributed by atoms with Gasteiger partial charge in [-0.1, -0.05) is 6.07 Å². The molecule has 0 unspecified atom stereocenters. The van der Waals surface area contributed by atoms with Crippen molar-refractivity contribution in [1.82, 2.24) is 25.3 Å². The van der Waals surface area contributed by atoms with Crippen LogP contribution >= 0.6 is 0 Å². The highest BCUT2D eigenvalue weighted by molar-refractivity contribution is 5.77. The maximum atomic E-state index is 13.4. The molecule has 5 rings (SSSR count). The number of alkyl halides is 3. The van der Waals surface area contributed by atoms with Crippen LogP contribution in [0.25, 0.3) is 11.4 Å². The van der Waals surface area contributed by atoms with Crippen molar-refractivity contribution in [3.63, 3.8) is 0 Å². The van der Waals surface area contributed by atoms with Crippen LogP contribution in [0.2, 0.25) is 0 Å². The van der Waals surface area contributed by atoms with Gasteiger partial charge in [0.2, 0.25) is 0 Å². The second-order valence-corrected chi connectivity index (χ2v) is 9.04. The number of nitrogens with zero attached hydrogens (tertiary/aromatic N) is 5. The number of halogens is 4. The average Bonchev–Trinajstić information content (AvgIpc) is 3.28. The van der Waals surface area contributed by atoms with Crippen LogP contribution in [0.1, 0.15) is 36.0 Å². The predicted molar refractivity (Wildman–Crippen MR) is 125 cm³/mol. The number of hydrogen-bond donors (Lipinski definition) is 2. The number of fused-ring (bicyclic) bond motifs is 1. The Bertz CT molecular complexity index is 1200. The van der Waals surface area contributed by atoms with Gasteiger partial charge in [-0.15, -0.1) is 10.2 Å². The first kappa shape index (κ1) is 23.5. The minimum Gasteiger partial charge on any atom is -0.382 e. The van der Waals surface area contributed by atoms with E-state index in [0.29, 0.717) is 19.2 Å². The van der Waals surface area contributed by atoms with E-state index in [4.69, 9.17) is 0 Å². The average molecular weight is 490 g/mol. The molecule has 0 amide bonds. The van der Waals surface area contributed by atoms with E-state index in [1.165, 1.54) is 6.07 Å². The van der Waals surface area contributed by atoms with Gasteiger partial charge < -0.3 is 15.5 Å². The summed E-state index contributed by atoms with van der Waals surface area (Å²) >= 11 is 0. The van der Waals surface area contributed by atoms with Crippen molar-refractivity contribution >= 4 is 11.5 Å². The number of aryl methyl sites for hydroxylation is 1. The Balaban J connectivity index is 1.27. The number of aromatic nitrogens is 4. The van der Waals surface area contributed by atoms with E-state index in [1.807, 2.05) is 13.1 Å². The molecule has 2 aliphatic rings. The molecule has 0 aliphatic carbocycles. The summed E-state index contributed by atoms with van der Waals surface area (Å²) in [5.41, 5.74) is 3.04. The number of nitrogens with one attached hydrogen (secondary N) is 2. The summed E-state index contributed by atoms with van der Waals surface area (Å²) < 4.78 is 55.0. The van der Waals surface area contributed by atoms with E-state index in [9.17, 15) is 17.6 Å². The van der Waals surface area contributed by atoms with Gasteiger partial charge in [0.1, 0.15) is 11.5 Å². The monoisotopic (exact) mass is 489 g/mol. The molecule has 1 fully saturated rings. The van der Waals surface area contributed by atoms with E-state index in [-0.39, 0.29) is 18.2 Å². The second kappa shape index (κ2) is 9.44. The molecule has 7 nitrogen and oxygen atoms in total. The highest BCUT2D eigenvalue weighted by Gasteiger charge is 2.34. The lowest BCUT2D eigenvalue weighted by Crippen LogP contribution is -2.43. The third-order valence-electron chi connectivity index (χ3n) is 6.78. The Labute approximate surface area is 200 Å². The number of anilines is 2. The van der Waals surface area contributed by atoms with Gasteiger partial charge in [0.15, 0.2) is 5.82 Å². The Morgan fingerprint density at radius 1 is 1.14 bits per heavy atom. The number of hydrogen-bond acceptors (Lipinski definition) is 6. The quantitative estimate of drug-likeness (QED) is 0.525. The largest absolute Gasteiger partial charge is 0.416 e. The van der Waals surface area contributed by atoms with Crippen molar-refractivity contribution in [3.8, 4) is 11.4 Å². The Morgan fingerprint density at radius 3 is 2.66 bits per heavy atom. The molecule has 4 heterocycles. The molecule has 1 saturated heterocycles. The van der Waals surface area contributed by atoms with Crippen molar-refractivity contribution in [3.05, 3.63) is 53.0 Å². The molecule has 0 atom stereocenters. The smallest absolute Gasteiger partial charge is 0.382 e. The van der Waals surface area contributed by atoms with Crippen LogP contribution in [0.15, 0.2) is 30.5 Å². The number of benzene rings is 1. The van der Waals surface area contributed by atoms with Crippen LogP contribution in [0.5, 0.6) is 0 Å². The minimum absolute atomic E-state index is 0.0376. The van der Waals surface area contributed by atoms with Gasteiger partial charge in [0.05, 0.1) is 16.9 Å². The summed E-state index contributed by atoms with van der Waals surface area (Å²) in [6.07, 6.45) is 0.579. The Hall–Kier alpha value is -3.21. The van der Waals surface area contributed by atoms with E-state index in [0.717, 1.165) is 66.8 Å². The van der Waals surface area contributed by atoms with Crippen LogP contribution < -0.4 is 15.5 Å². The molecular formula is C24H27F4N7. The Kier molecular flexibility index (Phi) is 6.35. The van der Waals surface area contributed by atoms with Gasteiger partial charge >= 0.3 is 6.18 Å². The zero-order valence-electron chi connectivity index (χ0n) is 19.4. The molecule has 0 saturated carbocycles. The Morgan fingerprint density at radius 2 is 1.94 bits per heavy atom. The van der Waals surface area contributed by atoms with E-state index >= 15 is 0 Å². The van der Waals surface area contributed by atoms with Gasteiger partial charge in [-0.25, -0.2) is 4.39 Å². The van der Waals surface area contributed by atoms with Crippen molar-refractivity contribution in [2.75, 3.05) is 29.9 Å². The van der Waals surface area contributed by atoms with Gasteiger partial charge in [-0.05, 0) is 49.4 Å². The fourth-order valence-electron chi connectivity index (χ4n) is 4.92. The molecule has 0 bridgehead atoms. The normalized spacial score (nSPS) is 16.8. The zero-order valence-corrected chi connectivity index (χ0v) is 19.4.